The van der Waals surface area contributed by atoms with Crippen LogP contribution in [0.3, 0.4) is 0 Å². The van der Waals surface area contributed by atoms with Crippen molar-refractivity contribution >= 4 is 11.7 Å². The predicted octanol–water partition coefficient (Wildman–Crippen LogP) is 1.17. The third-order valence-electron chi connectivity index (χ3n) is 3.43. The Labute approximate surface area is 107 Å². The molecule has 1 saturated heterocycles. The van der Waals surface area contributed by atoms with Gasteiger partial charge in [0.15, 0.2) is 0 Å². The number of pyridine rings is 1. The lowest BCUT2D eigenvalue weighted by Gasteiger charge is -2.22. The van der Waals surface area contributed by atoms with Crippen LogP contribution < -0.4 is 4.90 Å². The van der Waals surface area contributed by atoms with E-state index in [4.69, 9.17) is 5.11 Å². The summed E-state index contributed by atoms with van der Waals surface area (Å²) in [7, 11) is 4.17. The minimum atomic E-state index is -0.985. The maximum Gasteiger partial charge on any atom is 0.354 e. The van der Waals surface area contributed by atoms with Crippen LogP contribution in [0.25, 0.3) is 0 Å². The highest BCUT2D eigenvalue weighted by molar-refractivity contribution is 5.85. The number of aromatic nitrogens is 1. The van der Waals surface area contributed by atoms with Crippen LogP contribution in [0.5, 0.6) is 0 Å². The number of hydrogen-bond acceptors (Lipinski definition) is 4. The normalized spacial score (nSPS) is 20.0. The Morgan fingerprint density at radius 2 is 2.39 bits per heavy atom. The van der Waals surface area contributed by atoms with Gasteiger partial charge >= 0.3 is 5.97 Å². The van der Waals surface area contributed by atoms with Gasteiger partial charge in [-0.2, -0.15) is 0 Å². The van der Waals surface area contributed by atoms with Gasteiger partial charge in [0.05, 0.1) is 11.9 Å². The van der Waals surface area contributed by atoms with Crippen LogP contribution in [0.4, 0.5) is 5.69 Å². The molecule has 1 N–H and O–H groups in total. The maximum absolute atomic E-state index is 10.7. The third-order valence-corrected chi connectivity index (χ3v) is 3.43. The lowest BCUT2D eigenvalue weighted by atomic mass is 10.1. The zero-order valence-corrected chi connectivity index (χ0v) is 10.8. The molecule has 5 nitrogen and oxygen atoms in total. The van der Waals surface area contributed by atoms with Crippen molar-refractivity contribution in [2.24, 2.45) is 5.92 Å². The molecular weight excluding hydrogens is 230 g/mol. The van der Waals surface area contributed by atoms with E-state index in [9.17, 15) is 4.79 Å². The van der Waals surface area contributed by atoms with E-state index in [0.717, 1.165) is 25.3 Å². The van der Waals surface area contributed by atoms with Crippen LogP contribution in [0, 0.1) is 5.92 Å². The number of hydrogen-bond donors (Lipinski definition) is 1. The lowest BCUT2D eigenvalue weighted by Crippen LogP contribution is -2.27. The average Bonchev–Trinajstić information content (AvgIpc) is 2.75. The van der Waals surface area contributed by atoms with Gasteiger partial charge in [-0.05, 0) is 38.1 Å². The summed E-state index contributed by atoms with van der Waals surface area (Å²) in [5.74, 6) is -0.305. The molecule has 18 heavy (non-hydrogen) atoms. The molecule has 5 heteroatoms. The number of likely N-dealkylation sites (tertiary alicyclic amines) is 1. The third kappa shape index (κ3) is 2.98. The van der Waals surface area contributed by atoms with Crippen molar-refractivity contribution in [2.45, 2.75) is 6.42 Å². The number of carbonyl (C=O) groups is 1. The van der Waals surface area contributed by atoms with Crippen molar-refractivity contribution in [3.05, 3.63) is 24.0 Å². The predicted molar refractivity (Wildman–Crippen MR) is 70.1 cm³/mol. The molecule has 0 aliphatic carbocycles. The largest absolute Gasteiger partial charge is 0.477 e. The minimum absolute atomic E-state index is 0.0905. The summed E-state index contributed by atoms with van der Waals surface area (Å²) in [6.07, 6.45) is 2.85. The van der Waals surface area contributed by atoms with E-state index >= 15 is 0 Å². The van der Waals surface area contributed by atoms with Crippen LogP contribution >= 0.6 is 0 Å². The molecular formula is C13H19N3O2. The smallest absolute Gasteiger partial charge is 0.354 e. The molecule has 0 aromatic carbocycles. The number of carboxylic acids is 1. The molecule has 0 amide bonds. The summed E-state index contributed by atoms with van der Waals surface area (Å²) >= 11 is 0. The Kier molecular flexibility index (Phi) is 3.81. The highest BCUT2D eigenvalue weighted by atomic mass is 16.4. The van der Waals surface area contributed by atoms with Crippen molar-refractivity contribution in [1.29, 1.82) is 0 Å². The number of anilines is 1. The monoisotopic (exact) mass is 249 g/mol. The van der Waals surface area contributed by atoms with Gasteiger partial charge in [0.2, 0.25) is 0 Å². The molecule has 1 unspecified atom stereocenters. The zero-order valence-electron chi connectivity index (χ0n) is 10.8. The fourth-order valence-electron chi connectivity index (χ4n) is 2.41. The van der Waals surface area contributed by atoms with E-state index in [0.29, 0.717) is 5.92 Å². The number of nitrogens with zero attached hydrogens (tertiary/aromatic N) is 3. The van der Waals surface area contributed by atoms with Gasteiger partial charge in [-0.3, -0.25) is 0 Å². The Bertz CT molecular complexity index is 419. The van der Waals surface area contributed by atoms with E-state index in [1.54, 1.807) is 12.3 Å². The van der Waals surface area contributed by atoms with E-state index in [1.165, 1.54) is 6.42 Å². The molecule has 2 heterocycles. The van der Waals surface area contributed by atoms with Crippen LogP contribution in [0.1, 0.15) is 16.9 Å². The van der Waals surface area contributed by atoms with Crippen molar-refractivity contribution < 1.29 is 9.90 Å². The first-order valence-electron chi connectivity index (χ1n) is 6.15. The Balaban J connectivity index is 1.96. The van der Waals surface area contributed by atoms with Gasteiger partial charge in [0, 0.05) is 20.1 Å². The summed E-state index contributed by atoms with van der Waals surface area (Å²) in [6.45, 7) is 3.28. The molecule has 2 rings (SSSR count). The van der Waals surface area contributed by atoms with Crippen molar-refractivity contribution in [1.82, 2.24) is 9.88 Å². The van der Waals surface area contributed by atoms with E-state index < -0.39 is 5.97 Å². The molecule has 0 radical (unpaired) electrons. The van der Waals surface area contributed by atoms with E-state index in [1.807, 2.05) is 13.1 Å². The number of carboxylic acid groups (broad SMARTS) is 1. The first-order chi connectivity index (χ1) is 8.56. The van der Waals surface area contributed by atoms with E-state index in [2.05, 4.69) is 21.8 Å². The topological polar surface area (TPSA) is 56.7 Å². The molecule has 1 aromatic rings. The van der Waals surface area contributed by atoms with E-state index in [-0.39, 0.29) is 5.69 Å². The van der Waals surface area contributed by atoms with Gasteiger partial charge in [-0.25, -0.2) is 9.78 Å². The fraction of sp³-hybridized carbons (Fsp3) is 0.538. The molecule has 1 fully saturated rings. The van der Waals surface area contributed by atoms with Gasteiger partial charge in [-0.15, -0.1) is 0 Å². The number of aromatic carboxylic acids is 1. The van der Waals surface area contributed by atoms with Gasteiger partial charge in [0.25, 0.3) is 0 Å². The SMILES string of the molecule is CN1CCC(CN(C)c2ccc(C(=O)O)nc2)C1. The van der Waals surface area contributed by atoms with Gasteiger partial charge in [-0.1, -0.05) is 0 Å². The molecule has 1 aliphatic heterocycles. The van der Waals surface area contributed by atoms with Crippen LogP contribution in [-0.4, -0.2) is 54.7 Å². The molecule has 0 saturated carbocycles. The second-order valence-electron chi connectivity index (χ2n) is 5.00. The Hall–Kier alpha value is -1.62. The van der Waals surface area contributed by atoms with Crippen LogP contribution in [-0.2, 0) is 0 Å². The standard InChI is InChI=1S/C13H19N3O2/c1-15-6-5-10(8-15)9-16(2)11-3-4-12(13(17)18)14-7-11/h3-4,7,10H,5-6,8-9H2,1-2H3,(H,17,18). The molecule has 0 bridgehead atoms. The van der Waals surface area contributed by atoms with Gasteiger partial charge < -0.3 is 14.9 Å². The maximum atomic E-state index is 10.7. The summed E-state index contributed by atoms with van der Waals surface area (Å²) < 4.78 is 0. The number of rotatable bonds is 4. The molecule has 98 valence electrons. The quantitative estimate of drug-likeness (QED) is 0.868. The molecule has 1 aromatic heterocycles. The summed E-state index contributed by atoms with van der Waals surface area (Å²) in [4.78, 5) is 19.1. The van der Waals surface area contributed by atoms with Crippen molar-refractivity contribution in [2.75, 3.05) is 38.6 Å². The zero-order chi connectivity index (χ0) is 13.1. The van der Waals surface area contributed by atoms with Gasteiger partial charge in [0.1, 0.15) is 5.69 Å². The van der Waals surface area contributed by atoms with Crippen molar-refractivity contribution in [3.63, 3.8) is 0 Å². The highest BCUT2D eigenvalue weighted by Gasteiger charge is 2.21. The molecule has 0 spiro atoms. The fourth-order valence-corrected chi connectivity index (χ4v) is 2.41. The van der Waals surface area contributed by atoms with Crippen molar-refractivity contribution in [3.8, 4) is 0 Å². The summed E-state index contributed by atoms with van der Waals surface area (Å²) in [5.41, 5.74) is 1.06. The minimum Gasteiger partial charge on any atom is -0.477 e. The highest BCUT2D eigenvalue weighted by Crippen LogP contribution is 2.19. The average molecular weight is 249 g/mol. The molecule has 1 atom stereocenters. The molecule has 1 aliphatic rings. The Morgan fingerprint density at radius 3 is 2.89 bits per heavy atom. The van der Waals surface area contributed by atoms with Crippen LogP contribution in [0.2, 0.25) is 0 Å². The summed E-state index contributed by atoms with van der Waals surface area (Å²) in [6, 6.07) is 3.37. The Morgan fingerprint density at radius 1 is 1.61 bits per heavy atom. The second-order valence-corrected chi connectivity index (χ2v) is 5.00. The second kappa shape index (κ2) is 5.35. The van der Waals surface area contributed by atoms with Crippen LogP contribution in [0.15, 0.2) is 18.3 Å². The first kappa shape index (κ1) is 12.8. The lowest BCUT2D eigenvalue weighted by molar-refractivity contribution is 0.0690. The first-order valence-corrected chi connectivity index (χ1v) is 6.15. The summed E-state index contributed by atoms with van der Waals surface area (Å²) in [5, 5.41) is 8.79.